The van der Waals surface area contributed by atoms with Gasteiger partial charge in [-0.3, -0.25) is 4.68 Å². The second kappa shape index (κ2) is 2.47. The zero-order chi connectivity index (χ0) is 8.77. The molecule has 0 amide bonds. The maximum Gasteiger partial charge on any atom is 0.280 e. The van der Waals surface area contributed by atoms with E-state index < -0.39 is 9.05 Å². The SMILES string of the molecule is O=S(=O)(Cl)c1ccn(C2CC2)n1. The Kier molecular flexibility index (Phi) is 1.66. The van der Waals surface area contributed by atoms with Crippen molar-refractivity contribution >= 4 is 19.7 Å². The van der Waals surface area contributed by atoms with E-state index in [1.54, 1.807) is 10.9 Å². The lowest BCUT2D eigenvalue weighted by Gasteiger charge is -1.93. The van der Waals surface area contributed by atoms with Crippen molar-refractivity contribution in [3.63, 3.8) is 0 Å². The largest absolute Gasteiger partial charge is 0.280 e. The summed E-state index contributed by atoms with van der Waals surface area (Å²) < 4.78 is 23.2. The molecule has 1 aromatic rings. The Labute approximate surface area is 74.6 Å². The third-order valence-electron chi connectivity index (χ3n) is 1.75. The lowest BCUT2D eigenvalue weighted by molar-refractivity contribution is 0.589. The summed E-state index contributed by atoms with van der Waals surface area (Å²) in [6.45, 7) is 0. The lowest BCUT2D eigenvalue weighted by Crippen LogP contribution is -1.97. The monoisotopic (exact) mass is 206 g/mol. The van der Waals surface area contributed by atoms with Crippen LogP contribution in [0.1, 0.15) is 18.9 Å². The van der Waals surface area contributed by atoms with Crippen LogP contribution in [-0.4, -0.2) is 18.2 Å². The third kappa shape index (κ3) is 1.47. The molecule has 1 heterocycles. The normalized spacial score (nSPS) is 18.1. The van der Waals surface area contributed by atoms with Crippen LogP contribution < -0.4 is 0 Å². The molecule has 1 aliphatic carbocycles. The van der Waals surface area contributed by atoms with Gasteiger partial charge < -0.3 is 0 Å². The Balaban J connectivity index is 2.35. The van der Waals surface area contributed by atoms with Gasteiger partial charge in [0, 0.05) is 16.9 Å². The van der Waals surface area contributed by atoms with Gasteiger partial charge in [-0.05, 0) is 18.9 Å². The highest BCUT2D eigenvalue weighted by Crippen LogP contribution is 2.34. The van der Waals surface area contributed by atoms with Gasteiger partial charge in [0.25, 0.3) is 9.05 Å². The van der Waals surface area contributed by atoms with Gasteiger partial charge in [-0.2, -0.15) is 5.10 Å². The van der Waals surface area contributed by atoms with Gasteiger partial charge in [0.1, 0.15) is 0 Å². The molecule has 1 aromatic heterocycles. The van der Waals surface area contributed by atoms with Gasteiger partial charge in [-0.15, -0.1) is 0 Å². The average Bonchev–Trinajstić information content (AvgIpc) is 2.66. The van der Waals surface area contributed by atoms with Crippen molar-refractivity contribution in [1.82, 2.24) is 9.78 Å². The van der Waals surface area contributed by atoms with Crippen LogP contribution >= 0.6 is 10.7 Å². The summed E-state index contributed by atoms with van der Waals surface area (Å²) in [6.07, 6.45) is 3.79. The fourth-order valence-electron chi connectivity index (χ4n) is 0.993. The highest BCUT2D eigenvalue weighted by molar-refractivity contribution is 8.13. The van der Waals surface area contributed by atoms with E-state index in [1.807, 2.05) is 0 Å². The van der Waals surface area contributed by atoms with Crippen molar-refractivity contribution in [2.24, 2.45) is 0 Å². The fraction of sp³-hybridized carbons (Fsp3) is 0.500. The summed E-state index contributed by atoms with van der Waals surface area (Å²) in [6, 6.07) is 1.80. The van der Waals surface area contributed by atoms with Crippen molar-refractivity contribution in [1.29, 1.82) is 0 Å². The molecule has 0 spiro atoms. The number of hydrogen-bond acceptors (Lipinski definition) is 3. The molecule has 1 fully saturated rings. The van der Waals surface area contributed by atoms with Crippen LogP contribution in [0.5, 0.6) is 0 Å². The van der Waals surface area contributed by atoms with Crippen LogP contribution in [0.15, 0.2) is 17.3 Å². The maximum atomic E-state index is 10.8. The molecule has 0 radical (unpaired) electrons. The first kappa shape index (κ1) is 8.07. The van der Waals surface area contributed by atoms with E-state index in [1.165, 1.54) is 6.07 Å². The summed E-state index contributed by atoms with van der Waals surface area (Å²) in [5.74, 6) is 0. The topological polar surface area (TPSA) is 52.0 Å². The first-order valence-electron chi connectivity index (χ1n) is 3.57. The predicted molar refractivity (Wildman–Crippen MR) is 43.5 cm³/mol. The van der Waals surface area contributed by atoms with Crippen molar-refractivity contribution in [2.75, 3.05) is 0 Å². The predicted octanol–water partition coefficient (Wildman–Crippen LogP) is 1.15. The number of nitrogens with zero attached hydrogens (tertiary/aromatic N) is 2. The lowest BCUT2D eigenvalue weighted by atomic mass is 10.7. The molecule has 0 unspecified atom stereocenters. The minimum atomic E-state index is -3.65. The van der Waals surface area contributed by atoms with Gasteiger partial charge >= 0.3 is 0 Å². The number of rotatable bonds is 2. The summed E-state index contributed by atoms with van der Waals surface area (Å²) >= 11 is 0. The highest BCUT2D eigenvalue weighted by Gasteiger charge is 2.25. The molecule has 0 saturated heterocycles. The van der Waals surface area contributed by atoms with Gasteiger partial charge in [0.05, 0.1) is 6.04 Å². The van der Waals surface area contributed by atoms with Crippen molar-refractivity contribution in [2.45, 2.75) is 23.9 Å². The van der Waals surface area contributed by atoms with Crippen molar-refractivity contribution < 1.29 is 8.42 Å². The molecular formula is C6H7ClN2O2S. The second-order valence-electron chi connectivity index (χ2n) is 2.80. The van der Waals surface area contributed by atoms with Crippen molar-refractivity contribution in [3.05, 3.63) is 12.3 Å². The quantitative estimate of drug-likeness (QED) is 0.682. The molecule has 0 atom stereocenters. The molecule has 0 bridgehead atoms. The van der Waals surface area contributed by atoms with Crippen LogP contribution in [0.2, 0.25) is 0 Å². The summed E-state index contributed by atoms with van der Waals surface area (Å²) in [5.41, 5.74) is 0. The van der Waals surface area contributed by atoms with Gasteiger partial charge in [-0.25, -0.2) is 8.42 Å². The minimum Gasteiger partial charge on any atom is -0.268 e. The molecule has 1 aliphatic rings. The first-order valence-corrected chi connectivity index (χ1v) is 5.88. The van der Waals surface area contributed by atoms with Crippen molar-refractivity contribution in [3.8, 4) is 0 Å². The van der Waals surface area contributed by atoms with E-state index in [9.17, 15) is 8.42 Å². The standard InChI is InChI=1S/C6H7ClN2O2S/c7-12(10,11)6-3-4-9(8-6)5-1-2-5/h3-5H,1-2H2. The van der Waals surface area contributed by atoms with E-state index >= 15 is 0 Å². The molecule has 0 N–H and O–H groups in total. The zero-order valence-electron chi connectivity index (χ0n) is 6.14. The second-order valence-corrected chi connectivity index (χ2v) is 5.32. The minimum absolute atomic E-state index is 0.0592. The molecule has 4 nitrogen and oxygen atoms in total. The maximum absolute atomic E-state index is 10.8. The molecule has 6 heteroatoms. The molecule has 1 saturated carbocycles. The van der Waals surface area contributed by atoms with Gasteiger partial charge in [0.2, 0.25) is 0 Å². The van der Waals surface area contributed by atoms with Crippen LogP contribution in [0, 0.1) is 0 Å². The number of hydrogen-bond donors (Lipinski definition) is 0. The van der Waals surface area contributed by atoms with Gasteiger partial charge in [-0.1, -0.05) is 0 Å². The average molecular weight is 207 g/mol. The van der Waals surface area contributed by atoms with E-state index in [4.69, 9.17) is 10.7 Å². The fourth-order valence-corrected chi connectivity index (χ4v) is 1.66. The Bertz CT molecular complexity index is 393. The molecular weight excluding hydrogens is 200 g/mol. The van der Waals surface area contributed by atoms with Gasteiger partial charge in [0.15, 0.2) is 5.03 Å². The van der Waals surface area contributed by atoms with Crippen LogP contribution in [0.4, 0.5) is 0 Å². The molecule has 2 rings (SSSR count). The summed E-state index contributed by atoms with van der Waals surface area (Å²) in [4.78, 5) is 0. The Morgan fingerprint density at radius 1 is 1.58 bits per heavy atom. The smallest absolute Gasteiger partial charge is 0.268 e. The number of aromatic nitrogens is 2. The first-order chi connectivity index (χ1) is 5.57. The highest BCUT2D eigenvalue weighted by atomic mass is 35.7. The van der Waals surface area contributed by atoms with E-state index in [0.29, 0.717) is 6.04 Å². The van der Waals surface area contributed by atoms with E-state index in [0.717, 1.165) is 12.8 Å². The van der Waals surface area contributed by atoms with Crippen LogP contribution in [0.25, 0.3) is 0 Å². The summed E-state index contributed by atoms with van der Waals surface area (Å²) in [5, 5.41) is 3.78. The molecule has 0 aliphatic heterocycles. The number of halogens is 1. The molecule has 66 valence electrons. The van der Waals surface area contributed by atoms with E-state index in [-0.39, 0.29) is 5.03 Å². The summed E-state index contributed by atoms with van der Waals surface area (Å²) in [7, 11) is 1.45. The Hall–Kier alpha value is -0.550. The molecule has 12 heavy (non-hydrogen) atoms. The molecule has 0 aromatic carbocycles. The van der Waals surface area contributed by atoms with Crippen LogP contribution in [0.3, 0.4) is 0 Å². The zero-order valence-corrected chi connectivity index (χ0v) is 7.72. The Morgan fingerprint density at radius 3 is 2.67 bits per heavy atom. The van der Waals surface area contributed by atoms with Crippen LogP contribution in [-0.2, 0) is 9.05 Å². The van der Waals surface area contributed by atoms with E-state index in [2.05, 4.69) is 5.10 Å². The Morgan fingerprint density at radius 2 is 2.25 bits per heavy atom. The third-order valence-corrected chi connectivity index (χ3v) is 2.95.